The van der Waals surface area contributed by atoms with Crippen LogP contribution in [0.3, 0.4) is 0 Å². The van der Waals surface area contributed by atoms with Crippen LogP contribution in [0, 0.1) is 6.92 Å². The van der Waals surface area contributed by atoms with Crippen LogP contribution in [0.4, 0.5) is 11.6 Å². The first-order valence-corrected chi connectivity index (χ1v) is 12.0. The van der Waals surface area contributed by atoms with Crippen LogP contribution in [0.5, 0.6) is 11.8 Å². The molecule has 1 aromatic carbocycles. The number of nitrogens with two attached hydrogens (primary N) is 1. The van der Waals surface area contributed by atoms with E-state index in [-0.39, 0.29) is 11.9 Å². The van der Waals surface area contributed by atoms with Gasteiger partial charge in [-0.1, -0.05) is 18.7 Å². The summed E-state index contributed by atoms with van der Waals surface area (Å²) >= 11 is 0. The predicted molar refractivity (Wildman–Crippen MR) is 145 cm³/mol. The summed E-state index contributed by atoms with van der Waals surface area (Å²) in [6.07, 6.45) is 5.52. The second-order valence-corrected chi connectivity index (χ2v) is 9.06. The van der Waals surface area contributed by atoms with Crippen molar-refractivity contribution in [2.24, 2.45) is 7.05 Å². The Morgan fingerprint density at radius 3 is 2.47 bits per heavy atom. The molecule has 188 valence electrons. The SMILES string of the molecule is C=C1CCN(c2ccc(-c3c(-c4ccc(Oc5nccc(C)n5)cc4)c4c(N)ncnc4n3C)cn2)C1=O. The smallest absolute Gasteiger partial charge is 0.322 e. The Morgan fingerprint density at radius 2 is 1.79 bits per heavy atom. The highest BCUT2D eigenvalue weighted by molar-refractivity contribution is 6.08. The molecule has 0 spiro atoms. The van der Waals surface area contributed by atoms with Crippen molar-refractivity contribution < 1.29 is 9.53 Å². The van der Waals surface area contributed by atoms with Gasteiger partial charge in [-0.25, -0.2) is 24.9 Å². The fraction of sp³-hybridized carbons (Fsp3) is 0.143. The Balaban J connectivity index is 1.43. The first-order chi connectivity index (χ1) is 18.4. The number of carbonyl (C=O) groups excluding carboxylic acids is 1. The van der Waals surface area contributed by atoms with Crippen LogP contribution in [0.25, 0.3) is 33.4 Å². The molecule has 0 atom stereocenters. The van der Waals surface area contributed by atoms with Crippen molar-refractivity contribution in [1.29, 1.82) is 0 Å². The number of benzene rings is 1. The Hall–Kier alpha value is -5.12. The van der Waals surface area contributed by atoms with Crippen molar-refractivity contribution in [2.45, 2.75) is 13.3 Å². The largest absolute Gasteiger partial charge is 0.424 e. The van der Waals surface area contributed by atoms with E-state index in [0.717, 1.165) is 33.5 Å². The van der Waals surface area contributed by atoms with Gasteiger partial charge in [0.25, 0.3) is 5.91 Å². The van der Waals surface area contributed by atoms with Gasteiger partial charge in [0.2, 0.25) is 0 Å². The first-order valence-electron chi connectivity index (χ1n) is 12.0. The van der Waals surface area contributed by atoms with Crippen molar-refractivity contribution >= 4 is 28.6 Å². The number of aromatic nitrogens is 6. The van der Waals surface area contributed by atoms with Gasteiger partial charge in [0.1, 0.15) is 29.4 Å². The third-order valence-corrected chi connectivity index (χ3v) is 6.60. The number of nitrogens with zero attached hydrogens (tertiary/aromatic N) is 7. The summed E-state index contributed by atoms with van der Waals surface area (Å²) in [5.41, 5.74) is 12.0. The minimum atomic E-state index is -0.0861. The molecule has 1 aliphatic heterocycles. The molecule has 10 nitrogen and oxygen atoms in total. The molecule has 1 fully saturated rings. The number of hydrogen-bond acceptors (Lipinski definition) is 8. The molecule has 5 heterocycles. The van der Waals surface area contributed by atoms with E-state index < -0.39 is 0 Å². The summed E-state index contributed by atoms with van der Waals surface area (Å²) in [6.45, 7) is 6.30. The third-order valence-electron chi connectivity index (χ3n) is 6.60. The van der Waals surface area contributed by atoms with Crippen molar-refractivity contribution in [1.82, 2.24) is 29.5 Å². The molecule has 1 amide bonds. The van der Waals surface area contributed by atoms with E-state index in [1.807, 2.05) is 61.0 Å². The van der Waals surface area contributed by atoms with Gasteiger partial charge >= 0.3 is 6.01 Å². The second-order valence-electron chi connectivity index (χ2n) is 9.06. The zero-order valence-corrected chi connectivity index (χ0v) is 20.9. The number of carbonyl (C=O) groups is 1. The molecule has 0 radical (unpaired) electrons. The molecule has 10 heteroatoms. The van der Waals surface area contributed by atoms with Crippen LogP contribution in [-0.4, -0.2) is 41.9 Å². The van der Waals surface area contributed by atoms with Gasteiger partial charge in [-0.05, 0) is 49.2 Å². The topological polar surface area (TPSA) is 125 Å². The van der Waals surface area contributed by atoms with Gasteiger partial charge in [-0.2, -0.15) is 0 Å². The van der Waals surface area contributed by atoms with E-state index in [0.29, 0.717) is 41.6 Å². The molecule has 1 saturated heterocycles. The number of ether oxygens (including phenoxy) is 1. The standard InChI is InChI=1S/C28H24N8O2/c1-16-11-13-36(27(16)37)21-9-6-19(14-31-21)24-22(23-25(29)32-15-33-26(23)35(24)3)18-4-7-20(8-5-18)38-28-30-12-10-17(2)34-28/h4-10,12,14-15H,1,11,13H2,2-3H3,(H2,29,32,33). The molecule has 0 bridgehead atoms. The van der Waals surface area contributed by atoms with E-state index in [1.165, 1.54) is 6.33 Å². The fourth-order valence-corrected chi connectivity index (χ4v) is 4.72. The van der Waals surface area contributed by atoms with E-state index in [4.69, 9.17) is 10.5 Å². The number of pyridine rings is 1. The van der Waals surface area contributed by atoms with Gasteiger partial charge < -0.3 is 15.0 Å². The van der Waals surface area contributed by atoms with Gasteiger partial charge in [-0.3, -0.25) is 9.69 Å². The monoisotopic (exact) mass is 504 g/mol. The summed E-state index contributed by atoms with van der Waals surface area (Å²) in [4.78, 5) is 35.9. The molecule has 38 heavy (non-hydrogen) atoms. The molecule has 1 aliphatic rings. The highest BCUT2D eigenvalue weighted by Gasteiger charge is 2.27. The van der Waals surface area contributed by atoms with E-state index in [1.54, 1.807) is 17.3 Å². The zero-order chi connectivity index (χ0) is 26.4. The zero-order valence-electron chi connectivity index (χ0n) is 20.9. The number of fused-ring (bicyclic) bond motifs is 1. The maximum atomic E-state index is 12.4. The summed E-state index contributed by atoms with van der Waals surface area (Å²) < 4.78 is 7.81. The van der Waals surface area contributed by atoms with Crippen LogP contribution in [0.15, 0.2) is 73.3 Å². The van der Waals surface area contributed by atoms with Gasteiger partial charge in [0.15, 0.2) is 0 Å². The maximum absolute atomic E-state index is 12.4. The normalized spacial score (nSPS) is 13.5. The second kappa shape index (κ2) is 9.07. The highest BCUT2D eigenvalue weighted by Crippen LogP contribution is 2.42. The predicted octanol–water partition coefficient (Wildman–Crippen LogP) is 4.46. The van der Waals surface area contributed by atoms with Crippen molar-refractivity contribution in [3.63, 3.8) is 0 Å². The molecule has 4 aromatic heterocycles. The first kappa shape index (κ1) is 23.3. The fourth-order valence-electron chi connectivity index (χ4n) is 4.72. The minimum absolute atomic E-state index is 0.0861. The number of rotatable bonds is 5. The Labute approximate surface area is 218 Å². The van der Waals surface area contributed by atoms with E-state index >= 15 is 0 Å². The van der Waals surface area contributed by atoms with Crippen molar-refractivity contribution in [3.05, 3.63) is 79.0 Å². The molecule has 5 aromatic rings. The molecule has 0 unspecified atom stereocenters. The maximum Gasteiger partial charge on any atom is 0.322 e. The van der Waals surface area contributed by atoms with Crippen LogP contribution < -0.4 is 15.4 Å². The molecule has 2 N–H and O–H groups in total. The average Bonchev–Trinajstić information content (AvgIpc) is 3.41. The molecule has 0 saturated carbocycles. The van der Waals surface area contributed by atoms with Crippen molar-refractivity contribution in [2.75, 3.05) is 17.2 Å². The van der Waals surface area contributed by atoms with E-state index in [9.17, 15) is 4.79 Å². The summed E-state index contributed by atoms with van der Waals surface area (Å²) in [6, 6.07) is 13.5. The van der Waals surface area contributed by atoms with Gasteiger partial charge in [0.05, 0.1) is 11.1 Å². The Bertz CT molecular complexity index is 1710. The lowest BCUT2D eigenvalue weighted by Gasteiger charge is -2.15. The van der Waals surface area contributed by atoms with Crippen LogP contribution in [0.2, 0.25) is 0 Å². The van der Waals surface area contributed by atoms with Crippen LogP contribution in [-0.2, 0) is 11.8 Å². The van der Waals surface area contributed by atoms with Crippen molar-refractivity contribution in [3.8, 4) is 34.1 Å². The number of aryl methyl sites for hydroxylation is 2. The van der Waals surface area contributed by atoms with Gasteiger partial charge in [0, 0.05) is 48.4 Å². The summed E-state index contributed by atoms with van der Waals surface area (Å²) in [7, 11) is 1.93. The van der Waals surface area contributed by atoms with E-state index in [2.05, 4.69) is 31.5 Å². The number of anilines is 2. The highest BCUT2D eigenvalue weighted by atomic mass is 16.5. The molecule has 0 aliphatic carbocycles. The summed E-state index contributed by atoms with van der Waals surface area (Å²) in [5.74, 6) is 1.49. The number of hydrogen-bond donors (Lipinski definition) is 1. The number of nitrogen functional groups attached to an aromatic ring is 1. The Kier molecular flexibility index (Phi) is 5.56. The average molecular weight is 505 g/mol. The quantitative estimate of drug-likeness (QED) is 0.348. The summed E-state index contributed by atoms with van der Waals surface area (Å²) in [5, 5.41) is 0.746. The lowest BCUT2D eigenvalue weighted by molar-refractivity contribution is -0.114. The lowest BCUT2D eigenvalue weighted by atomic mass is 9.99. The lowest BCUT2D eigenvalue weighted by Crippen LogP contribution is -2.25. The molecular formula is C28H24N8O2. The van der Waals surface area contributed by atoms with Crippen LogP contribution in [0.1, 0.15) is 12.1 Å². The minimum Gasteiger partial charge on any atom is -0.424 e. The number of amides is 1. The van der Waals surface area contributed by atoms with Gasteiger partial charge in [-0.15, -0.1) is 0 Å². The molecular weight excluding hydrogens is 480 g/mol. The Morgan fingerprint density at radius 1 is 1.00 bits per heavy atom. The van der Waals surface area contributed by atoms with Crippen LogP contribution >= 0.6 is 0 Å². The molecule has 6 rings (SSSR count). The third kappa shape index (κ3) is 3.92.